The molecular formula is C23H20N4OS. The van der Waals surface area contributed by atoms with Crippen molar-refractivity contribution in [1.82, 2.24) is 19.7 Å². The van der Waals surface area contributed by atoms with Gasteiger partial charge in [0.25, 0.3) is 5.91 Å². The van der Waals surface area contributed by atoms with E-state index in [4.69, 9.17) is 0 Å². The summed E-state index contributed by atoms with van der Waals surface area (Å²) in [6.45, 7) is 4.68. The first-order valence-electron chi connectivity index (χ1n) is 9.26. The first kappa shape index (κ1) is 18.8. The van der Waals surface area contributed by atoms with Gasteiger partial charge in [0.1, 0.15) is 0 Å². The van der Waals surface area contributed by atoms with Gasteiger partial charge < -0.3 is 4.90 Å². The molecule has 0 bridgehead atoms. The van der Waals surface area contributed by atoms with E-state index in [1.807, 2.05) is 78.2 Å². The predicted molar refractivity (Wildman–Crippen MR) is 116 cm³/mol. The van der Waals surface area contributed by atoms with Crippen LogP contribution in [-0.4, -0.2) is 32.1 Å². The number of hydrogen-bond donors (Lipinski definition) is 0. The average Bonchev–Trinajstić information content (AvgIpc) is 3.44. The van der Waals surface area contributed by atoms with Crippen molar-refractivity contribution < 1.29 is 4.79 Å². The third-order valence-electron chi connectivity index (χ3n) is 4.39. The summed E-state index contributed by atoms with van der Waals surface area (Å²) in [5, 5.41) is 6.55. The fraction of sp³-hybridized carbons (Fsp3) is 0.0870. The molecule has 0 saturated carbocycles. The number of carbonyl (C=O) groups excluding carboxylic acids is 1. The maximum atomic E-state index is 13.2. The fourth-order valence-corrected chi connectivity index (χ4v) is 3.74. The lowest BCUT2D eigenvalue weighted by molar-refractivity contribution is 0.0750. The Morgan fingerprint density at radius 1 is 1.03 bits per heavy atom. The van der Waals surface area contributed by atoms with Crippen LogP contribution in [0.3, 0.4) is 0 Å². The van der Waals surface area contributed by atoms with Crippen molar-refractivity contribution in [1.29, 1.82) is 0 Å². The smallest absolute Gasteiger partial charge is 0.294 e. The number of hydrogen-bond acceptors (Lipinski definition) is 4. The minimum Gasteiger partial charge on any atom is -0.328 e. The van der Waals surface area contributed by atoms with Crippen molar-refractivity contribution in [3.05, 3.63) is 102 Å². The highest BCUT2D eigenvalue weighted by atomic mass is 32.1. The van der Waals surface area contributed by atoms with Crippen LogP contribution in [0.5, 0.6) is 0 Å². The van der Waals surface area contributed by atoms with E-state index < -0.39 is 0 Å². The summed E-state index contributed by atoms with van der Waals surface area (Å²) >= 11 is 1.57. The molecule has 0 fully saturated rings. The Bertz CT molecular complexity index is 1090. The zero-order chi connectivity index (χ0) is 20.1. The highest BCUT2D eigenvalue weighted by Gasteiger charge is 2.23. The summed E-state index contributed by atoms with van der Waals surface area (Å²) < 4.78 is 1.73. The lowest BCUT2D eigenvalue weighted by atomic mass is 10.2. The van der Waals surface area contributed by atoms with Gasteiger partial charge >= 0.3 is 0 Å². The van der Waals surface area contributed by atoms with Gasteiger partial charge in [0.05, 0.1) is 10.6 Å². The topological polar surface area (TPSA) is 51.0 Å². The molecule has 2 aromatic heterocycles. The number of rotatable bonds is 7. The molecule has 0 aliphatic rings. The summed E-state index contributed by atoms with van der Waals surface area (Å²) in [5.41, 5.74) is 1.91. The molecule has 4 rings (SSSR count). The molecule has 0 radical (unpaired) electrons. The number of amides is 1. The van der Waals surface area contributed by atoms with Crippen molar-refractivity contribution in [3.8, 4) is 16.4 Å². The van der Waals surface area contributed by atoms with Gasteiger partial charge in [0.2, 0.25) is 5.82 Å². The summed E-state index contributed by atoms with van der Waals surface area (Å²) in [7, 11) is 0. The Labute approximate surface area is 173 Å². The Morgan fingerprint density at radius 3 is 2.41 bits per heavy atom. The molecule has 144 valence electrons. The number of aromatic nitrogens is 3. The number of thiophene rings is 1. The van der Waals surface area contributed by atoms with Crippen molar-refractivity contribution in [2.45, 2.75) is 6.54 Å². The highest BCUT2D eigenvalue weighted by molar-refractivity contribution is 7.13. The van der Waals surface area contributed by atoms with Crippen LogP contribution >= 0.6 is 11.3 Å². The SMILES string of the molecule is C=CCN(Cc1ccccc1)C(=O)c1nc(-c2cccs2)n(-c2ccccc2)n1. The van der Waals surface area contributed by atoms with Crippen LogP contribution in [0, 0.1) is 0 Å². The van der Waals surface area contributed by atoms with Crippen LogP contribution in [0.25, 0.3) is 16.4 Å². The summed E-state index contributed by atoms with van der Waals surface area (Å²) in [5.74, 6) is 0.615. The molecule has 6 heteroatoms. The zero-order valence-corrected chi connectivity index (χ0v) is 16.6. The van der Waals surface area contributed by atoms with E-state index in [-0.39, 0.29) is 11.7 Å². The fourth-order valence-electron chi connectivity index (χ4n) is 3.04. The molecule has 0 saturated heterocycles. The number of nitrogens with zero attached hydrogens (tertiary/aromatic N) is 4. The van der Waals surface area contributed by atoms with Crippen LogP contribution in [0.2, 0.25) is 0 Å². The van der Waals surface area contributed by atoms with E-state index in [1.54, 1.807) is 27.0 Å². The van der Waals surface area contributed by atoms with Gasteiger partial charge in [0, 0.05) is 13.1 Å². The van der Waals surface area contributed by atoms with Gasteiger partial charge in [-0.15, -0.1) is 23.0 Å². The van der Waals surface area contributed by atoms with Gasteiger partial charge in [-0.05, 0) is 29.1 Å². The lowest BCUT2D eigenvalue weighted by Crippen LogP contribution is -2.31. The largest absolute Gasteiger partial charge is 0.328 e. The van der Waals surface area contributed by atoms with Crippen molar-refractivity contribution in [2.75, 3.05) is 6.54 Å². The molecule has 0 unspecified atom stereocenters. The third-order valence-corrected chi connectivity index (χ3v) is 5.26. The van der Waals surface area contributed by atoms with Crippen LogP contribution in [0.1, 0.15) is 16.2 Å². The van der Waals surface area contributed by atoms with Crippen LogP contribution in [0.4, 0.5) is 0 Å². The standard InChI is InChI=1S/C23H20N4OS/c1-2-15-26(17-18-10-5-3-6-11-18)23(28)21-24-22(20-14-9-16-29-20)27(25-21)19-12-7-4-8-13-19/h2-14,16H,1,15,17H2. The van der Waals surface area contributed by atoms with Gasteiger partial charge in [-0.2, -0.15) is 0 Å². The summed E-state index contributed by atoms with van der Waals surface area (Å²) in [6, 6.07) is 23.5. The lowest BCUT2D eigenvalue weighted by Gasteiger charge is -2.19. The Morgan fingerprint density at radius 2 is 1.76 bits per heavy atom. The predicted octanol–water partition coefficient (Wildman–Crippen LogP) is 4.82. The van der Waals surface area contributed by atoms with Crippen LogP contribution < -0.4 is 0 Å². The van der Waals surface area contributed by atoms with Crippen molar-refractivity contribution in [3.63, 3.8) is 0 Å². The Hall–Kier alpha value is -3.51. The molecule has 2 heterocycles. The van der Waals surface area contributed by atoms with Crippen molar-refractivity contribution in [2.24, 2.45) is 0 Å². The molecule has 0 N–H and O–H groups in total. The van der Waals surface area contributed by atoms with Crippen LogP contribution in [-0.2, 0) is 6.54 Å². The van der Waals surface area contributed by atoms with Crippen LogP contribution in [0.15, 0.2) is 90.8 Å². The molecule has 0 aliphatic carbocycles. The minimum atomic E-state index is -0.221. The molecule has 0 atom stereocenters. The molecule has 0 aliphatic heterocycles. The zero-order valence-electron chi connectivity index (χ0n) is 15.8. The second-order valence-electron chi connectivity index (χ2n) is 6.44. The van der Waals surface area contributed by atoms with E-state index >= 15 is 0 Å². The molecule has 0 spiro atoms. The number of carbonyl (C=O) groups is 1. The third kappa shape index (κ3) is 4.17. The monoisotopic (exact) mass is 400 g/mol. The van der Waals surface area contributed by atoms with Gasteiger partial charge in [0.15, 0.2) is 5.82 Å². The van der Waals surface area contributed by atoms with E-state index in [1.165, 1.54) is 0 Å². The van der Waals surface area contributed by atoms with Gasteiger partial charge in [-0.3, -0.25) is 4.79 Å². The molecular weight excluding hydrogens is 380 g/mol. The minimum absolute atomic E-state index is 0.176. The normalized spacial score (nSPS) is 10.6. The molecule has 4 aromatic rings. The molecule has 1 amide bonds. The van der Waals surface area contributed by atoms with Crippen molar-refractivity contribution >= 4 is 17.2 Å². The first-order valence-corrected chi connectivity index (χ1v) is 10.1. The molecule has 2 aromatic carbocycles. The number of para-hydroxylation sites is 1. The summed E-state index contributed by atoms with van der Waals surface area (Å²) in [6.07, 6.45) is 1.72. The number of benzene rings is 2. The maximum absolute atomic E-state index is 13.2. The first-order chi connectivity index (χ1) is 14.3. The average molecular weight is 401 g/mol. The van der Waals surface area contributed by atoms with E-state index in [9.17, 15) is 4.79 Å². The second kappa shape index (κ2) is 8.67. The van der Waals surface area contributed by atoms with Gasteiger partial charge in [-0.25, -0.2) is 9.67 Å². The summed E-state index contributed by atoms with van der Waals surface area (Å²) in [4.78, 5) is 20.5. The van der Waals surface area contributed by atoms with Gasteiger partial charge in [-0.1, -0.05) is 60.7 Å². The quantitative estimate of drug-likeness (QED) is 0.418. The molecule has 29 heavy (non-hydrogen) atoms. The Kier molecular flexibility index (Phi) is 5.63. The maximum Gasteiger partial charge on any atom is 0.294 e. The van der Waals surface area contributed by atoms with E-state index in [2.05, 4.69) is 16.7 Å². The second-order valence-corrected chi connectivity index (χ2v) is 7.39. The molecule has 5 nitrogen and oxygen atoms in total. The van der Waals surface area contributed by atoms with E-state index in [0.29, 0.717) is 18.9 Å². The Balaban J connectivity index is 1.71. The highest BCUT2D eigenvalue weighted by Crippen LogP contribution is 2.26. The van der Waals surface area contributed by atoms with E-state index in [0.717, 1.165) is 16.1 Å².